The third-order valence-electron chi connectivity index (χ3n) is 3.90. The lowest BCUT2D eigenvalue weighted by Gasteiger charge is -2.11. The largest absolute Gasteiger partial charge is 0.0985 e. The molecule has 0 fully saturated rings. The Kier molecular flexibility index (Phi) is 7.65. The zero-order valence-corrected chi connectivity index (χ0v) is 13.9. The van der Waals surface area contributed by atoms with Crippen LogP contribution in [-0.4, -0.2) is 0 Å². The van der Waals surface area contributed by atoms with Crippen LogP contribution in [0.25, 0.3) is 6.08 Å². The van der Waals surface area contributed by atoms with Gasteiger partial charge in [0, 0.05) is 0 Å². The predicted molar refractivity (Wildman–Crippen MR) is 92.1 cm³/mol. The highest BCUT2D eigenvalue weighted by Crippen LogP contribution is 2.19. The lowest BCUT2D eigenvalue weighted by molar-refractivity contribution is 0.553. The van der Waals surface area contributed by atoms with Crippen molar-refractivity contribution in [2.75, 3.05) is 0 Å². The Balaban J connectivity index is 2.62. The van der Waals surface area contributed by atoms with E-state index in [-0.39, 0.29) is 0 Å². The molecule has 0 atom stereocenters. The SMILES string of the molecule is C=Cc1ccc(CCCC(C)C)cc1CCCC(C)C. The van der Waals surface area contributed by atoms with Crippen LogP contribution < -0.4 is 0 Å². The Labute approximate surface area is 126 Å². The Bertz CT molecular complexity index is 398. The summed E-state index contributed by atoms with van der Waals surface area (Å²) in [6.45, 7) is 13.2. The highest BCUT2D eigenvalue weighted by atomic mass is 14.1. The fourth-order valence-corrected chi connectivity index (χ4v) is 2.65. The monoisotopic (exact) mass is 272 g/mol. The molecule has 0 saturated carbocycles. The maximum Gasteiger partial charge on any atom is -0.0230 e. The van der Waals surface area contributed by atoms with Crippen LogP contribution in [0.2, 0.25) is 0 Å². The van der Waals surface area contributed by atoms with Crippen molar-refractivity contribution in [3.8, 4) is 0 Å². The van der Waals surface area contributed by atoms with Gasteiger partial charge in [-0.05, 0) is 54.2 Å². The first-order chi connectivity index (χ1) is 9.52. The van der Waals surface area contributed by atoms with E-state index in [0.717, 1.165) is 11.8 Å². The molecule has 0 bridgehead atoms. The van der Waals surface area contributed by atoms with Crippen molar-refractivity contribution in [2.24, 2.45) is 11.8 Å². The average Bonchev–Trinajstić information content (AvgIpc) is 2.38. The predicted octanol–water partition coefficient (Wildman–Crippen LogP) is 6.29. The van der Waals surface area contributed by atoms with E-state index in [1.165, 1.54) is 55.2 Å². The topological polar surface area (TPSA) is 0 Å². The number of aryl methyl sites for hydroxylation is 2. The van der Waals surface area contributed by atoms with E-state index in [9.17, 15) is 0 Å². The van der Waals surface area contributed by atoms with E-state index < -0.39 is 0 Å². The smallest absolute Gasteiger partial charge is 0.0230 e. The van der Waals surface area contributed by atoms with Gasteiger partial charge in [0.25, 0.3) is 0 Å². The fourth-order valence-electron chi connectivity index (χ4n) is 2.65. The van der Waals surface area contributed by atoms with E-state index >= 15 is 0 Å². The number of rotatable bonds is 9. The van der Waals surface area contributed by atoms with Crippen molar-refractivity contribution in [1.82, 2.24) is 0 Å². The van der Waals surface area contributed by atoms with Crippen LogP contribution in [-0.2, 0) is 12.8 Å². The summed E-state index contributed by atoms with van der Waals surface area (Å²) < 4.78 is 0. The summed E-state index contributed by atoms with van der Waals surface area (Å²) in [5, 5.41) is 0. The molecular formula is C20H32. The second-order valence-electron chi connectivity index (χ2n) is 6.81. The Morgan fingerprint density at radius 3 is 2.10 bits per heavy atom. The lowest BCUT2D eigenvalue weighted by atomic mass is 9.95. The van der Waals surface area contributed by atoms with E-state index in [1.54, 1.807) is 0 Å². The molecule has 20 heavy (non-hydrogen) atoms. The maximum atomic E-state index is 3.95. The van der Waals surface area contributed by atoms with Gasteiger partial charge in [0.15, 0.2) is 0 Å². The Morgan fingerprint density at radius 1 is 0.950 bits per heavy atom. The van der Waals surface area contributed by atoms with Crippen molar-refractivity contribution in [3.05, 3.63) is 41.5 Å². The maximum absolute atomic E-state index is 3.95. The summed E-state index contributed by atoms with van der Waals surface area (Å²) in [7, 11) is 0. The first kappa shape index (κ1) is 17.0. The van der Waals surface area contributed by atoms with E-state index in [1.807, 2.05) is 6.08 Å². The number of hydrogen-bond donors (Lipinski definition) is 0. The highest BCUT2D eigenvalue weighted by molar-refractivity contribution is 5.53. The van der Waals surface area contributed by atoms with E-state index in [2.05, 4.69) is 52.5 Å². The molecule has 112 valence electrons. The summed E-state index contributed by atoms with van der Waals surface area (Å²) >= 11 is 0. The molecule has 0 heterocycles. The van der Waals surface area contributed by atoms with Crippen LogP contribution in [0.1, 0.15) is 70.1 Å². The standard InChI is InChI=1S/C20H32/c1-6-19-14-13-18(11-7-9-16(2)3)15-20(19)12-8-10-17(4)5/h6,13-17H,1,7-12H2,2-5H3. The second kappa shape index (κ2) is 9.00. The molecule has 0 aliphatic rings. The molecule has 0 spiro atoms. The quantitative estimate of drug-likeness (QED) is 0.496. The molecule has 0 N–H and O–H groups in total. The summed E-state index contributed by atoms with van der Waals surface area (Å²) in [5.41, 5.74) is 4.31. The van der Waals surface area contributed by atoms with Gasteiger partial charge in [-0.25, -0.2) is 0 Å². The molecule has 0 aliphatic heterocycles. The van der Waals surface area contributed by atoms with Crippen LogP contribution >= 0.6 is 0 Å². The average molecular weight is 272 g/mol. The normalized spacial score (nSPS) is 11.3. The second-order valence-corrected chi connectivity index (χ2v) is 6.81. The van der Waals surface area contributed by atoms with Crippen molar-refractivity contribution in [2.45, 2.75) is 66.2 Å². The van der Waals surface area contributed by atoms with Crippen molar-refractivity contribution >= 4 is 6.08 Å². The molecule has 0 aromatic heterocycles. The molecule has 1 aromatic rings. The number of benzene rings is 1. The van der Waals surface area contributed by atoms with E-state index in [0.29, 0.717) is 0 Å². The van der Waals surface area contributed by atoms with Gasteiger partial charge in [0.05, 0.1) is 0 Å². The van der Waals surface area contributed by atoms with Crippen LogP contribution in [0.3, 0.4) is 0 Å². The molecule has 0 radical (unpaired) electrons. The van der Waals surface area contributed by atoms with Gasteiger partial charge in [0.2, 0.25) is 0 Å². The first-order valence-electron chi connectivity index (χ1n) is 8.27. The van der Waals surface area contributed by atoms with Gasteiger partial charge in [-0.15, -0.1) is 0 Å². The Hall–Kier alpha value is -1.04. The van der Waals surface area contributed by atoms with E-state index in [4.69, 9.17) is 0 Å². The molecule has 0 amide bonds. The van der Waals surface area contributed by atoms with Crippen molar-refractivity contribution in [1.29, 1.82) is 0 Å². The molecule has 0 heteroatoms. The van der Waals surface area contributed by atoms with Gasteiger partial charge in [-0.2, -0.15) is 0 Å². The van der Waals surface area contributed by atoms with Crippen molar-refractivity contribution < 1.29 is 0 Å². The van der Waals surface area contributed by atoms with Gasteiger partial charge in [0.1, 0.15) is 0 Å². The molecule has 1 aromatic carbocycles. The van der Waals surface area contributed by atoms with Gasteiger partial charge >= 0.3 is 0 Å². The van der Waals surface area contributed by atoms with Crippen LogP contribution in [0.15, 0.2) is 24.8 Å². The first-order valence-corrected chi connectivity index (χ1v) is 8.27. The summed E-state index contributed by atoms with van der Waals surface area (Å²) in [5.74, 6) is 1.62. The third-order valence-corrected chi connectivity index (χ3v) is 3.90. The van der Waals surface area contributed by atoms with Gasteiger partial charge in [-0.1, -0.05) is 71.4 Å². The molecule has 1 rings (SSSR count). The zero-order chi connectivity index (χ0) is 15.0. The van der Waals surface area contributed by atoms with Crippen LogP contribution in [0.5, 0.6) is 0 Å². The third kappa shape index (κ3) is 6.41. The summed E-state index contributed by atoms with van der Waals surface area (Å²) in [6, 6.07) is 6.95. The fraction of sp³-hybridized carbons (Fsp3) is 0.600. The minimum atomic E-state index is 0.802. The lowest BCUT2D eigenvalue weighted by Crippen LogP contribution is -1.96. The summed E-state index contributed by atoms with van der Waals surface area (Å²) in [4.78, 5) is 0. The molecular weight excluding hydrogens is 240 g/mol. The number of hydrogen-bond acceptors (Lipinski definition) is 0. The molecule has 0 aliphatic carbocycles. The van der Waals surface area contributed by atoms with Crippen LogP contribution in [0.4, 0.5) is 0 Å². The molecule has 0 saturated heterocycles. The van der Waals surface area contributed by atoms with Crippen LogP contribution in [0, 0.1) is 11.8 Å². The highest BCUT2D eigenvalue weighted by Gasteiger charge is 2.04. The Morgan fingerprint density at radius 2 is 1.55 bits per heavy atom. The minimum Gasteiger partial charge on any atom is -0.0985 e. The van der Waals surface area contributed by atoms with Crippen molar-refractivity contribution in [3.63, 3.8) is 0 Å². The molecule has 0 nitrogen and oxygen atoms in total. The van der Waals surface area contributed by atoms with Gasteiger partial charge < -0.3 is 0 Å². The zero-order valence-electron chi connectivity index (χ0n) is 13.9. The summed E-state index contributed by atoms with van der Waals surface area (Å²) in [6.07, 6.45) is 9.64. The minimum absolute atomic E-state index is 0.802. The van der Waals surface area contributed by atoms with Gasteiger partial charge in [-0.3, -0.25) is 0 Å². The molecule has 0 unspecified atom stereocenters.